The third kappa shape index (κ3) is 4.61. The Morgan fingerprint density at radius 3 is 2.66 bits per heavy atom. The Bertz CT molecular complexity index is 924. The average molecular weight is 392 g/mol. The molecule has 1 saturated heterocycles. The number of aromatic nitrogens is 4. The molecule has 0 bridgehead atoms. The molecule has 5 nitrogen and oxygen atoms in total. The number of nitrogens with zero attached hydrogens (tertiary/aromatic N) is 5. The van der Waals surface area contributed by atoms with Gasteiger partial charge in [-0.05, 0) is 51.6 Å². The highest BCUT2D eigenvalue weighted by Crippen LogP contribution is 2.23. The van der Waals surface area contributed by atoms with Crippen molar-refractivity contribution >= 4 is 0 Å². The molecule has 154 valence electrons. The van der Waals surface area contributed by atoms with Crippen molar-refractivity contribution in [1.82, 2.24) is 24.2 Å². The van der Waals surface area contributed by atoms with Gasteiger partial charge in [-0.2, -0.15) is 5.10 Å². The van der Waals surface area contributed by atoms with Gasteiger partial charge in [0.25, 0.3) is 0 Å². The highest BCUT2D eigenvalue weighted by atomic mass is 15.3. The topological polar surface area (TPSA) is 38.9 Å². The van der Waals surface area contributed by atoms with Crippen molar-refractivity contribution in [3.05, 3.63) is 71.1 Å². The fourth-order valence-corrected chi connectivity index (χ4v) is 4.58. The van der Waals surface area contributed by atoms with Gasteiger partial charge < -0.3 is 4.57 Å². The van der Waals surface area contributed by atoms with Crippen LogP contribution in [0.3, 0.4) is 0 Å². The number of hydrogen-bond acceptors (Lipinski definition) is 3. The van der Waals surface area contributed by atoms with Gasteiger partial charge in [0.2, 0.25) is 0 Å². The third-order valence-electron chi connectivity index (χ3n) is 6.29. The first-order valence-electron chi connectivity index (χ1n) is 10.9. The van der Waals surface area contributed by atoms with Crippen LogP contribution in [0, 0.1) is 19.8 Å². The fraction of sp³-hybridized carbons (Fsp3) is 0.500. The van der Waals surface area contributed by atoms with Crippen molar-refractivity contribution in [1.29, 1.82) is 0 Å². The van der Waals surface area contributed by atoms with E-state index in [9.17, 15) is 0 Å². The van der Waals surface area contributed by atoms with Crippen molar-refractivity contribution < 1.29 is 0 Å². The molecule has 3 heterocycles. The molecule has 5 heteroatoms. The maximum absolute atomic E-state index is 4.77. The Morgan fingerprint density at radius 2 is 1.90 bits per heavy atom. The zero-order chi connectivity index (χ0) is 20.2. The summed E-state index contributed by atoms with van der Waals surface area (Å²) in [5.41, 5.74) is 5.26. The van der Waals surface area contributed by atoms with Gasteiger partial charge in [0, 0.05) is 55.7 Å². The Balaban J connectivity index is 1.41. The predicted octanol–water partition coefficient (Wildman–Crippen LogP) is 4.22. The van der Waals surface area contributed by atoms with Crippen LogP contribution in [0.1, 0.15) is 48.1 Å². The van der Waals surface area contributed by atoms with Crippen molar-refractivity contribution in [2.24, 2.45) is 5.92 Å². The molecule has 0 aliphatic carbocycles. The third-order valence-corrected chi connectivity index (χ3v) is 6.29. The molecule has 29 heavy (non-hydrogen) atoms. The molecule has 2 aromatic heterocycles. The van der Waals surface area contributed by atoms with E-state index >= 15 is 0 Å². The van der Waals surface area contributed by atoms with E-state index in [0.717, 1.165) is 32.6 Å². The summed E-state index contributed by atoms with van der Waals surface area (Å²) in [7, 11) is 0. The summed E-state index contributed by atoms with van der Waals surface area (Å²) < 4.78 is 4.49. The smallest absolute Gasteiger partial charge is 0.109 e. The average Bonchev–Trinajstić information content (AvgIpc) is 3.26. The highest BCUT2D eigenvalue weighted by Gasteiger charge is 2.23. The SMILES string of the molecule is CCn1ncc(CN2CCCC(Cc3ncc(C)n3Cc3ccccc3)C2)c1C. The van der Waals surface area contributed by atoms with Crippen LogP contribution >= 0.6 is 0 Å². The summed E-state index contributed by atoms with van der Waals surface area (Å²) in [6.45, 7) is 11.7. The van der Waals surface area contributed by atoms with Crippen molar-refractivity contribution in [3.63, 3.8) is 0 Å². The number of rotatable bonds is 7. The van der Waals surface area contributed by atoms with Crippen LogP contribution in [0.4, 0.5) is 0 Å². The van der Waals surface area contributed by atoms with Crippen LogP contribution in [0.15, 0.2) is 42.7 Å². The van der Waals surface area contributed by atoms with Crippen molar-refractivity contribution in [2.45, 2.75) is 59.7 Å². The van der Waals surface area contributed by atoms with E-state index in [2.05, 4.69) is 76.5 Å². The first-order valence-corrected chi connectivity index (χ1v) is 10.9. The lowest BCUT2D eigenvalue weighted by molar-refractivity contribution is 0.165. The van der Waals surface area contributed by atoms with Crippen LogP contribution in [0.25, 0.3) is 0 Å². The van der Waals surface area contributed by atoms with Crippen LogP contribution in [-0.4, -0.2) is 37.3 Å². The van der Waals surface area contributed by atoms with E-state index in [4.69, 9.17) is 4.98 Å². The lowest BCUT2D eigenvalue weighted by Crippen LogP contribution is -2.36. The van der Waals surface area contributed by atoms with Gasteiger partial charge in [0.1, 0.15) is 5.82 Å². The normalized spacial score (nSPS) is 17.7. The van der Waals surface area contributed by atoms with Gasteiger partial charge >= 0.3 is 0 Å². The van der Waals surface area contributed by atoms with E-state index < -0.39 is 0 Å². The van der Waals surface area contributed by atoms with Gasteiger partial charge in [0.15, 0.2) is 0 Å². The van der Waals surface area contributed by atoms with E-state index in [0.29, 0.717) is 5.92 Å². The first-order chi connectivity index (χ1) is 14.1. The highest BCUT2D eigenvalue weighted by molar-refractivity contribution is 5.18. The van der Waals surface area contributed by atoms with E-state index in [1.807, 2.05) is 6.20 Å². The lowest BCUT2D eigenvalue weighted by Gasteiger charge is -2.32. The minimum atomic E-state index is 0.668. The Morgan fingerprint density at radius 1 is 1.07 bits per heavy atom. The summed E-state index contributed by atoms with van der Waals surface area (Å²) in [6.07, 6.45) is 7.70. The molecule has 0 spiro atoms. The Hall–Kier alpha value is -2.40. The second kappa shape index (κ2) is 8.95. The maximum atomic E-state index is 4.77. The number of benzene rings is 1. The molecule has 1 atom stereocenters. The molecule has 0 saturated carbocycles. The minimum Gasteiger partial charge on any atom is -0.328 e. The summed E-state index contributed by atoms with van der Waals surface area (Å²) in [4.78, 5) is 7.38. The molecule has 4 rings (SSSR count). The molecular weight excluding hydrogens is 358 g/mol. The van der Waals surface area contributed by atoms with E-state index in [1.54, 1.807) is 0 Å². The molecule has 1 aliphatic heterocycles. The van der Waals surface area contributed by atoms with E-state index in [-0.39, 0.29) is 0 Å². The van der Waals surface area contributed by atoms with Gasteiger partial charge in [-0.25, -0.2) is 4.98 Å². The standard InChI is InChI=1S/C24H33N5/c1-4-29-20(3)23(15-26-29)18-27-12-8-11-22(16-27)13-24-25-14-19(2)28(24)17-21-9-6-5-7-10-21/h5-7,9-10,14-15,22H,4,8,11-13,16-18H2,1-3H3. The van der Waals surface area contributed by atoms with Crippen LogP contribution in [0.5, 0.6) is 0 Å². The molecular formula is C24H33N5. The number of hydrogen-bond donors (Lipinski definition) is 0. The number of imidazole rings is 1. The zero-order valence-electron chi connectivity index (χ0n) is 18.0. The quantitative estimate of drug-likeness (QED) is 0.605. The predicted molar refractivity (Wildman–Crippen MR) is 117 cm³/mol. The Kier molecular flexibility index (Phi) is 6.14. The van der Waals surface area contributed by atoms with Gasteiger partial charge in [-0.3, -0.25) is 9.58 Å². The number of likely N-dealkylation sites (tertiary alicyclic amines) is 1. The summed E-state index contributed by atoms with van der Waals surface area (Å²) >= 11 is 0. The molecule has 1 aliphatic rings. The van der Waals surface area contributed by atoms with Gasteiger partial charge in [-0.15, -0.1) is 0 Å². The molecule has 0 N–H and O–H groups in total. The molecule has 3 aromatic rings. The first kappa shape index (κ1) is 19.9. The molecule has 0 radical (unpaired) electrons. The molecule has 0 amide bonds. The monoisotopic (exact) mass is 391 g/mol. The van der Waals surface area contributed by atoms with Crippen molar-refractivity contribution in [3.8, 4) is 0 Å². The molecule has 1 unspecified atom stereocenters. The van der Waals surface area contributed by atoms with Crippen LogP contribution in [-0.2, 0) is 26.1 Å². The summed E-state index contributed by atoms with van der Waals surface area (Å²) in [5.74, 6) is 1.90. The van der Waals surface area contributed by atoms with Gasteiger partial charge in [0.05, 0.1) is 6.20 Å². The van der Waals surface area contributed by atoms with Crippen LogP contribution in [0.2, 0.25) is 0 Å². The largest absolute Gasteiger partial charge is 0.328 e. The molecule has 1 aromatic carbocycles. The zero-order valence-corrected chi connectivity index (χ0v) is 18.0. The fourth-order valence-electron chi connectivity index (χ4n) is 4.58. The lowest BCUT2D eigenvalue weighted by atomic mass is 9.94. The van der Waals surface area contributed by atoms with Crippen molar-refractivity contribution in [2.75, 3.05) is 13.1 Å². The molecule has 1 fully saturated rings. The number of aryl methyl sites for hydroxylation is 2. The van der Waals surface area contributed by atoms with E-state index in [1.165, 1.54) is 47.7 Å². The summed E-state index contributed by atoms with van der Waals surface area (Å²) in [6, 6.07) is 10.7. The van der Waals surface area contributed by atoms with Crippen LogP contribution < -0.4 is 0 Å². The second-order valence-corrected chi connectivity index (χ2v) is 8.41. The second-order valence-electron chi connectivity index (χ2n) is 8.41. The Labute approximate surface area is 174 Å². The van der Waals surface area contributed by atoms with Gasteiger partial charge in [-0.1, -0.05) is 30.3 Å². The summed E-state index contributed by atoms with van der Waals surface area (Å²) in [5, 5.41) is 4.52. The minimum absolute atomic E-state index is 0.668. The number of piperidine rings is 1. The maximum Gasteiger partial charge on any atom is 0.109 e.